The van der Waals surface area contributed by atoms with Gasteiger partial charge in [-0.15, -0.1) is 11.3 Å². The Bertz CT molecular complexity index is 402. The van der Waals surface area contributed by atoms with Crippen molar-refractivity contribution in [3.8, 4) is 0 Å². The molecule has 0 aliphatic heterocycles. The van der Waals surface area contributed by atoms with E-state index in [0.29, 0.717) is 0 Å². The van der Waals surface area contributed by atoms with Gasteiger partial charge in [-0.2, -0.15) is 0 Å². The lowest BCUT2D eigenvalue weighted by Gasteiger charge is -2.02. The SMILES string of the molecule is Brc1cccc(NCc2nccs2)n1. The zero-order chi connectivity index (χ0) is 9.80. The van der Waals surface area contributed by atoms with Crippen LogP contribution in [0.1, 0.15) is 5.01 Å². The summed E-state index contributed by atoms with van der Waals surface area (Å²) in [6, 6.07) is 5.77. The van der Waals surface area contributed by atoms with E-state index in [2.05, 4.69) is 31.2 Å². The van der Waals surface area contributed by atoms with Gasteiger partial charge < -0.3 is 5.32 Å². The van der Waals surface area contributed by atoms with Gasteiger partial charge in [0.1, 0.15) is 15.4 Å². The van der Waals surface area contributed by atoms with Gasteiger partial charge in [0, 0.05) is 11.6 Å². The highest BCUT2D eigenvalue weighted by Gasteiger charge is 1.97. The van der Waals surface area contributed by atoms with Crippen LogP contribution in [0.2, 0.25) is 0 Å². The van der Waals surface area contributed by atoms with Crippen molar-refractivity contribution >= 4 is 33.1 Å². The van der Waals surface area contributed by atoms with Crippen LogP contribution in [-0.4, -0.2) is 9.97 Å². The van der Waals surface area contributed by atoms with Crippen LogP contribution in [0.25, 0.3) is 0 Å². The maximum absolute atomic E-state index is 4.26. The van der Waals surface area contributed by atoms with Gasteiger partial charge in [0.2, 0.25) is 0 Å². The van der Waals surface area contributed by atoms with Gasteiger partial charge >= 0.3 is 0 Å². The van der Waals surface area contributed by atoms with Crippen molar-refractivity contribution in [2.75, 3.05) is 5.32 Å². The Morgan fingerprint density at radius 2 is 2.36 bits per heavy atom. The van der Waals surface area contributed by atoms with Crippen LogP contribution in [-0.2, 0) is 6.54 Å². The molecule has 0 aromatic carbocycles. The van der Waals surface area contributed by atoms with E-state index in [-0.39, 0.29) is 0 Å². The smallest absolute Gasteiger partial charge is 0.127 e. The van der Waals surface area contributed by atoms with Crippen LogP contribution >= 0.6 is 27.3 Å². The summed E-state index contributed by atoms with van der Waals surface area (Å²) in [6.45, 7) is 0.723. The van der Waals surface area contributed by atoms with Crippen molar-refractivity contribution in [3.05, 3.63) is 39.4 Å². The van der Waals surface area contributed by atoms with Crippen LogP contribution in [0.3, 0.4) is 0 Å². The number of pyridine rings is 1. The second-order valence-corrected chi connectivity index (χ2v) is 4.42. The number of aromatic nitrogens is 2. The summed E-state index contributed by atoms with van der Waals surface area (Å²) in [5.41, 5.74) is 0. The zero-order valence-electron chi connectivity index (χ0n) is 7.27. The molecule has 0 aliphatic rings. The van der Waals surface area contributed by atoms with Gasteiger partial charge in [-0.3, -0.25) is 0 Å². The third-order valence-corrected chi connectivity index (χ3v) is 2.84. The fraction of sp³-hybridized carbons (Fsp3) is 0.111. The molecule has 14 heavy (non-hydrogen) atoms. The van der Waals surface area contributed by atoms with Gasteiger partial charge in [0.05, 0.1) is 6.54 Å². The second kappa shape index (κ2) is 4.52. The van der Waals surface area contributed by atoms with Crippen molar-refractivity contribution in [2.45, 2.75) is 6.54 Å². The van der Waals surface area contributed by atoms with Gasteiger partial charge in [0.25, 0.3) is 0 Å². The molecule has 2 aromatic heterocycles. The summed E-state index contributed by atoms with van der Waals surface area (Å²) in [4.78, 5) is 8.43. The molecule has 3 nitrogen and oxygen atoms in total. The highest BCUT2D eigenvalue weighted by molar-refractivity contribution is 9.10. The largest absolute Gasteiger partial charge is 0.364 e. The van der Waals surface area contributed by atoms with Crippen LogP contribution in [0.5, 0.6) is 0 Å². The number of halogens is 1. The molecule has 0 spiro atoms. The Morgan fingerprint density at radius 1 is 1.43 bits per heavy atom. The molecule has 0 amide bonds. The molecule has 0 radical (unpaired) electrons. The minimum atomic E-state index is 0.723. The Balaban J connectivity index is 1.98. The second-order valence-electron chi connectivity index (χ2n) is 2.62. The number of nitrogens with one attached hydrogen (secondary N) is 1. The lowest BCUT2D eigenvalue weighted by molar-refractivity contribution is 1.07. The Labute approximate surface area is 94.4 Å². The molecule has 0 aliphatic carbocycles. The summed E-state index contributed by atoms with van der Waals surface area (Å²) in [7, 11) is 0. The first-order valence-corrected chi connectivity index (χ1v) is 5.76. The van der Waals surface area contributed by atoms with Crippen LogP contribution < -0.4 is 5.32 Å². The van der Waals surface area contributed by atoms with Crippen molar-refractivity contribution in [3.63, 3.8) is 0 Å². The van der Waals surface area contributed by atoms with Crippen molar-refractivity contribution < 1.29 is 0 Å². The molecule has 72 valence electrons. The monoisotopic (exact) mass is 269 g/mol. The fourth-order valence-corrected chi connectivity index (χ4v) is 1.91. The van der Waals surface area contributed by atoms with E-state index in [1.165, 1.54) is 0 Å². The number of nitrogens with zero attached hydrogens (tertiary/aromatic N) is 2. The first-order chi connectivity index (χ1) is 6.84. The summed E-state index contributed by atoms with van der Waals surface area (Å²) in [6.07, 6.45) is 1.80. The standard InChI is InChI=1S/C9H8BrN3S/c10-7-2-1-3-8(13-7)12-6-9-11-4-5-14-9/h1-5H,6H2,(H,12,13). The molecule has 0 fully saturated rings. The molecule has 0 saturated heterocycles. The number of anilines is 1. The van der Waals surface area contributed by atoms with Gasteiger partial charge in [0.15, 0.2) is 0 Å². The predicted octanol–water partition coefficient (Wildman–Crippen LogP) is 2.91. The van der Waals surface area contributed by atoms with Crippen molar-refractivity contribution in [1.82, 2.24) is 9.97 Å². The van der Waals surface area contributed by atoms with Gasteiger partial charge in [-0.25, -0.2) is 9.97 Å². The number of hydrogen-bond donors (Lipinski definition) is 1. The highest BCUT2D eigenvalue weighted by Crippen LogP contribution is 2.12. The van der Waals surface area contributed by atoms with Crippen LogP contribution in [0.4, 0.5) is 5.82 Å². The first-order valence-electron chi connectivity index (χ1n) is 4.09. The summed E-state index contributed by atoms with van der Waals surface area (Å²) < 4.78 is 0.835. The molecule has 1 N–H and O–H groups in total. The van der Waals surface area contributed by atoms with Crippen molar-refractivity contribution in [1.29, 1.82) is 0 Å². The summed E-state index contributed by atoms with van der Waals surface area (Å²) in [5, 5.41) is 6.22. The number of hydrogen-bond acceptors (Lipinski definition) is 4. The third-order valence-electron chi connectivity index (χ3n) is 1.62. The normalized spacial score (nSPS) is 10.1. The Kier molecular flexibility index (Phi) is 3.10. The van der Waals surface area contributed by atoms with E-state index in [0.717, 1.165) is 22.0 Å². The maximum atomic E-state index is 4.26. The Morgan fingerprint density at radius 3 is 3.07 bits per heavy atom. The molecule has 0 bridgehead atoms. The van der Waals surface area contributed by atoms with Crippen LogP contribution in [0.15, 0.2) is 34.4 Å². The van der Waals surface area contributed by atoms with E-state index in [4.69, 9.17) is 0 Å². The number of thiazole rings is 1. The van der Waals surface area contributed by atoms with Gasteiger partial charge in [-0.1, -0.05) is 6.07 Å². The lowest BCUT2D eigenvalue weighted by atomic mass is 10.4. The lowest BCUT2D eigenvalue weighted by Crippen LogP contribution is -2.00. The van der Waals surface area contributed by atoms with E-state index < -0.39 is 0 Å². The minimum absolute atomic E-state index is 0.723. The van der Waals surface area contributed by atoms with Crippen LogP contribution in [0, 0.1) is 0 Å². The maximum Gasteiger partial charge on any atom is 0.127 e. The fourth-order valence-electron chi connectivity index (χ4n) is 1.01. The molecular formula is C9H8BrN3S. The quantitative estimate of drug-likeness (QED) is 0.871. The molecule has 0 saturated carbocycles. The minimum Gasteiger partial charge on any atom is -0.364 e. The molecule has 0 unspecified atom stereocenters. The van der Waals surface area contributed by atoms with Crippen molar-refractivity contribution in [2.24, 2.45) is 0 Å². The van der Waals surface area contributed by atoms with E-state index in [1.54, 1.807) is 17.5 Å². The molecular weight excluding hydrogens is 262 g/mol. The summed E-state index contributed by atoms with van der Waals surface area (Å²) in [5.74, 6) is 0.856. The third kappa shape index (κ3) is 2.52. The van der Waals surface area contributed by atoms with E-state index in [1.807, 2.05) is 23.6 Å². The molecule has 2 aromatic rings. The topological polar surface area (TPSA) is 37.8 Å². The average Bonchev–Trinajstić information content (AvgIpc) is 2.67. The molecule has 5 heteroatoms. The molecule has 0 atom stereocenters. The van der Waals surface area contributed by atoms with E-state index >= 15 is 0 Å². The Hall–Kier alpha value is -0.940. The zero-order valence-corrected chi connectivity index (χ0v) is 9.68. The molecule has 2 rings (SSSR count). The first kappa shape index (κ1) is 9.61. The number of rotatable bonds is 3. The predicted molar refractivity (Wildman–Crippen MR) is 61.4 cm³/mol. The molecule has 2 heterocycles. The van der Waals surface area contributed by atoms with E-state index in [9.17, 15) is 0 Å². The van der Waals surface area contributed by atoms with Gasteiger partial charge in [-0.05, 0) is 28.1 Å². The summed E-state index contributed by atoms with van der Waals surface area (Å²) >= 11 is 4.95. The average molecular weight is 270 g/mol. The highest BCUT2D eigenvalue weighted by atomic mass is 79.9.